The minimum atomic E-state index is -0.797. The maximum absolute atomic E-state index is 13.7. The summed E-state index contributed by atoms with van der Waals surface area (Å²) in [4.78, 5) is 27.8. The summed E-state index contributed by atoms with van der Waals surface area (Å²) in [5, 5.41) is 15.5. The Bertz CT molecular complexity index is 664. The van der Waals surface area contributed by atoms with Crippen LogP contribution in [0.3, 0.4) is 0 Å². The summed E-state index contributed by atoms with van der Waals surface area (Å²) in [6, 6.07) is 4.74. The number of carbonyl (C=O) groups excluding carboxylic acids is 1. The third-order valence-corrected chi connectivity index (χ3v) is 2.29. The number of hydrogen-bond acceptors (Lipinski definition) is 6. The number of amides is 1. The first-order chi connectivity index (χ1) is 9.61. The third kappa shape index (κ3) is 2.83. The van der Waals surface area contributed by atoms with Crippen LogP contribution in [0.1, 0.15) is 0 Å². The molecular weight excluding hydrogens is 269 g/mol. The second-order valence-corrected chi connectivity index (χ2v) is 3.53. The number of nitrogens with zero attached hydrogens (tertiary/aromatic N) is 3. The van der Waals surface area contributed by atoms with Gasteiger partial charge in [-0.1, -0.05) is 6.07 Å². The molecule has 8 nitrogen and oxygen atoms in total. The van der Waals surface area contributed by atoms with Crippen LogP contribution in [-0.2, 0) is 4.79 Å². The average molecular weight is 276 g/mol. The first kappa shape index (κ1) is 13.3. The van der Waals surface area contributed by atoms with E-state index >= 15 is 0 Å². The Hall–Kier alpha value is -3.10. The van der Waals surface area contributed by atoms with Crippen molar-refractivity contribution in [1.82, 2.24) is 9.97 Å². The maximum atomic E-state index is 13.7. The molecule has 20 heavy (non-hydrogen) atoms. The van der Waals surface area contributed by atoms with Crippen molar-refractivity contribution in [3.05, 3.63) is 46.5 Å². The fourth-order valence-corrected chi connectivity index (χ4v) is 1.46. The van der Waals surface area contributed by atoms with E-state index in [0.717, 1.165) is 18.5 Å². The molecular formula is C11H7FN5O3. The summed E-state index contributed by atoms with van der Waals surface area (Å²) >= 11 is 0. The van der Waals surface area contributed by atoms with Gasteiger partial charge in [-0.05, 0) is 6.07 Å². The van der Waals surface area contributed by atoms with E-state index in [0.29, 0.717) is 0 Å². The molecule has 1 radical (unpaired) electrons. The fraction of sp³-hybridized carbons (Fsp3) is 0. The summed E-state index contributed by atoms with van der Waals surface area (Å²) in [5.74, 6) is -0.586. The molecule has 0 aliphatic heterocycles. The molecule has 2 aromatic rings. The van der Waals surface area contributed by atoms with Crippen LogP contribution in [0.5, 0.6) is 0 Å². The van der Waals surface area contributed by atoms with E-state index in [4.69, 9.17) is 0 Å². The van der Waals surface area contributed by atoms with E-state index in [-0.39, 0.29) is 17.3 Å². The van der Waals surface area contributed by atoms with Gasteiger partial charge in [0.15, 0.2) is 11.5 Å². The highest BCUT2D eigenvalue weighted by atomic mass is 19.1. The Labute approximate surface area is 111 Å². The number of anilines is 3. The summed E-state index contributed by atoms with van der Waals surface area (Å²) in [5.41, 5.74) is -0.752. The van der Waals surface area contributed by atoms with Gasteiger partial charge in [-0.25, -0.2) is 14.4 Å². The standard InChI is InChI=1S/C11H7FN5O3/c12-7-2-1-3-8(17(19)20)11(7)16-10-4-9(15-6-18)13-5-14-10/h1-5H,(H2,13,14,15,16,18). The lowest BCUT2D eigenvalue weighted by atomic mass is 10.2. The van der Waals surface area contributed by atoms with Gasteiger partial charge in [0.25, 0.3) is 5.69 Å². The smallest absolute Gasteiger partial charge is 0.315 e. The number of nitro benzene ring substituents is 1. The number of benzene rings is 1. The first-order valence-electron chi connectivity index (χ1n) is 5.27. The average Bonchev–Trinajstić information content (AvgIpc) is 2.41. The molecule has 2 rings (SSSR count). The van der Waals surface area contributed by atoms with Crippen LogP contribution < -0.4 is 10.6 Å². The molecule has 0 fully saturated rings. The Morgan fingerprint density at radius 2 is 2.05 bits per heavy atom. The lowest BCUT2D eigenvalue weighted by molar-refractivity contribution is -0.384. The monoisotopic (exact) mass is 276 g/mol. The quantitative estimate of drug-likeness (QED) is 0.489. The highest BCUT2D eigenvalue weighted by Gasteiger charge is 2.18. The molecule has 1 heterocycles. The zero-order chi connectivity index (χ0) is 14.5. The number of rotatable bonds is 5. The zero-order valence-corrected chi connectivity index (χ0v) is 9.83. The van der Waals surface area contributed by atoms with E-state index in [1.165, 1.54) is 18.5 Å². The number of nitro groups is 1. The minimum Gasteiger partial charge on any atom is -0.332 e. The van der Waals surface area contributed by atoms with Crippen LogP contribution >= 0.6 is 0 Å². The molecule has 101 valence electrons. The van der Waals surface area contributed by atoms with Crippen molar-refractivity contribution in [3.8, 4) is 0 Å². The van der Waals surface area contributed by atoms with Crippen molar-refractivity contribution in [1.29, 1.82) is 0 Å². The molecule has 0 spiro atoms. The molecule has 2 N–H and O–H groups in total. The van der Waals surface area contributed by atoms with Crippen LogP contribution in [0, 0.1) is 15.9 Å². The van der Waals surface area contributed by atoms with E-state index in [9.17, 15) is 19.3 Å². The van der Waals surface area contributed by atoms with E-state index < -0.39 is 16.4 Å². The van der Waals surface area contributed by atoms with Crippen LogP contribution in [-0.4, -0.2) is 21.3 Å². The highest BCUT2D eigenvalue weighted by Crippen LogP contribution is 2.29. The van der Waals surface area contributed by atoms with Crippen LogP contribution in [0.2, 0.25) is 0 Å². The molecule has 0 unspecified atom stereocenters. The van der Waals surface area contributed by atoms with Crippen molar-refractivity contribution >= 4 is 29.4 Å². The van der Waals surface area contributed by atoms with Crippen LogP contribution in [0.25, 0.3) is 0 Å². The summed E-state index contributed by atoms with van der Waals surface area (Å²) < 4.78 is 13.7. The molecule has 0 atom stereocenters. The van der Waals surface area contributed by atoms with Gasteiger partial charge in [0, 0.05) is 12.1 Å². The highest BCUT2D eigenvalue weighted by molar-refractivity contribution is 5.73. The van der Waals surface area contributed by atoms with Crippen LogP contribution in [0.15, 0.2) is 30.6 Å². The second-order valence-electron chi connectivity index (χ2n) is 3.53. The van der Waals surface area contributed by atoms with E-state index in [1.807, 2.05) is 0 Å². The SMILES string of the molecule is O=[C]Nc1cc(Nc2c(F)cccc2[N+](=O)[O-])ncn1. The molecule has 0 saturated heterocycles. The first-order valence-corrected chi connectivity index (χ1v) is 5.27. The van der Waals surface area contributed by atoms with Crippen LogP contribution in [0.4, 0.5) is 27.4 Å². The van der Waals surface area contributed by atoms with Crippen molar-refractivity contribution in [3.63, 3.8) is 0 Å². The molecule has 0 saturated carbocycles. The fourth-order valence-electron chi connectivity index (χ4n) is 1.46. The predicted octanol–water partition coefficient (Wildman–Crippen LogP) is 1.75. The maximum Gasteiger partial charge on any atom is 0.315 e. The Morgan fingerprint density at radius 1 is 1.30 bits per heavy atom. The molecule has 1 aromatic heterocycles. The predicted molar refractivity (Wildman–Crippen MR) is 67.7 cm³/mol. The summed E-state index contributed by atoms with van der Waals surface area (Å²) in [7, 11) is 0. The lowest BCUT2D eigenvalue weighted by Gasteiger charge is -2.07. The Morgan fingerprint density at radius 3 is 2.75 bits per heavy atom. The number of para-hydroxylation sites is 1. The van der Waals surface area contributed by atoms with Gasteiger partial charge in [-0.15, -0.1) is 0 Å². The molecule has 1 amide bonds. The minimum absolute atomic E-state index is 0.0888. The molecule has 0 aliphatic rings. The van der Waals surface area contributed by atoms with E-state index in [2.05, 4.69) is 20.6 Å². The Balaban J connectivity index is 2.37. The van der Waals surface area contributed by atoms with Crippen molar-refractivity contribution in [2.45, 2.75) is 0 Å². The Kier molecular flexibility index (Phi) is 3.80. The molecule has 9 heteroatoms. The largest absolute Gasteiger partial charge is 0.332 e. The van der Waals surface area contributed by atoms with Gasteiger partial charge in [-0.2, -0.15) is 0 Å². The van der Waals surface area contributed by atoms with Gasteiger partial charge in [-0.3, -0.25) is 14.9 Å². The molecule has 0 aliphatic carbocycles. The zero-order valence-electron chi connectivity index (χ0n) is 9.83. The third-order valence-electron chi connectivity index (χ3n) is 2.29. The lowest BCUT2D eigenvalue weighted by Crippen LogP contribution is -2.03. The second kappa shape index (κ2) is 5.69. The summed E-state index contributed by atoms with van der Waals surface area (Å²) in [6.07, 6.45) is 2.52. The van der Waals surface area contributed by atoms with Crippen molar-refractivity contribution in [2.75, 3.05) is 10.6 Å². The molecule has 0 bridgehead atoms. The summed E-state index contributed by atoms with van der Waals surface area (Å²) in [6.45, 7) is 0. The topological polar surface area (TPSA) is 110 Å². The van der Waals surface area contributed by atoms with Gasteiger partial charge >= 0.3 is 6.41 Å². The van der Waals surface area contributed by atoms with Crippen molar-refractivity contribution < 1.29 is 14.1 Å². The van der Waals surface area contributed by atoms with Gasteiger partial charge in [0.2, 0.25) is 0 Å². The van der Waals surface area contributed by atoms with Gasteiger partial charge in [0.05, 0.1) is 4.92 Å². The van der Waals surface area contributed by atoms with Gasteiger partial charge < -0.3 is 10.6 Å². The normalized spacial score (nSPS) is 9.85. The number of aromatic nitrogens is 2. The number of halogens is 1. The number of hydrogen-bond donors (Lipinski definition) is 2. The van der Waals surface area contributed by atoms with Gasteiger partial charge in [0.1, 0.15) is 18.0 Å². The van der Waals surface area contributed by atoms with E-state index in [1.54, 1.807) is 0 Å². The molecule has 1 aromatic carbocycles. The van der Waals surface area contributed by atoms with Crippen molar-refractivity contribution in [2.24, 2.45) is 0 Å². The number of nitrogens with one attached hydrogen (secondary N) is 2.